The van der Waals surface area contributed by atoms with E-state index in [1.807, 2.05) is 24.3 Å². The number of nitrogens with two attached hydrogens (primary N) is 1. The molecule has 0 unspecified atom stereocenters. The van der Waals surface area contributed by atoms with Gasteiger partial charge < -0.3 is 10.5 Å². The van der Waals surface area contributed by atoms with Gasteiger partial charge in [0.05, 0.1) is 17.8 Å². The minimum Gasteiger partial charge on any atom is -0.493 e. The normalized spacial score (nSPS) is 11.7. The number of nitrogens with zero attached hydrogens (tertiary/aromatic N) is 1. The highest BCUT2D eigenvalue weighted by Gasteiger charge is 2.11. The van der Waals surface area contributed by atoms with Crippen LogP contribution in [0.15, 0.2) is 30.5 Å². The van der Waals surface area contributed by atoms with Gasteiger partial charge in [0.2, 0.25) is 0 Å². The lowest BCUT2D eigenvalue weighted by Gasteiger charge is -2.18. The molecule has 0 saturated carbocycles. The SMILES string of the molecule is CC(C)(C)CCOc1ccnc2c(N)cccc12. The van der Waals surface area contributed by atoms with Crippen LogP contribution in [0.3, 0.4) is 0 Å². The summed E-state index contributed by atoms with van der Waals surface area (Å²) in [6.07, 6.45) is 2.75. The van der Waals surface area contributed by atoms with Crippen molar-refractivity contribution in [1.82, 2.24) is 4.98 Å². The highest BCUT2D eigenvalue weighted by Crippen LogP contribution is 2.28. The molecule has 1 aromatic heterocycles. The molecule has 0 aliphatic rings. The van der Waals surface area contributed by atoms with Gasteiger partial charge in [-0.1, -0.05) is 26.8 Å². The molecule has 3 nitrogen and oxygen atoms in total. The third-order valence-corrected chi connectivity index (χ3v) is 2.87. The second-order valence-corrected chi connectivity index (χ2v) is 5.71. The quantitative estimate of drug-likeness (QED) is 0.839. The highest BCUT2D eigenvalue weighted by atomic mass is 16.5. The Bertz CT molecular complexity index is 544. The summed E-state index contributed by atoms with van der Waals surface area (Å²) in [6, 6.07) is 7.67. The molecule has 0 aliphatic heterocycles. The molecule has 96 valence electrons. The lowest BCUT2D eigenvalue weighted by molar-refractivity contribution is 0.245. The topological polar surface area (TPSA) is 48.1 Å². The van der Waals surface area contributed by atoms with Crippen molar-refractivity contribution in [3.05, 3.63) is 30.5 Å². The van der Waals surface area contributed by atoms with E-state index in [1.165, 1.54) is 0 Å². The van der Waals surface area contributed by atoms with Gasteiger partial charge in [0.15, 0.2) is 0 Å². The number of aromatic nitrogens is 1. The molecule has 0 aliphatic carbocycles. The van der Waals surface area contributed by atoms with Crippen molar-refractivity contribution >= 4 is 16.6 Å². The zero-order valence-corrected chi connectivity index (χ0v) is 11.2. The second-order valence-electron chi connectivity index (χ2n) is 5.71. The average Bonchev–Trinajstić information content (AvgIpc) is 2.29. The van der Waals surface area contributed by atoms with E-state index < -0.39 is 0 Å². The predicted octanol–water partition coefficient (Wildman–Crippen LogP) is 3.63. The summed E-state index contributed by atoms with van der Waals surface area (Å²) in [6.45, 7) is 7.33. The monoisotopic (exact) mass is 244 g/mol. The molecule has 3 heteroatoms. The number of rotatable bonds is 3. The molecule has 18 heavy (non-hydrogen) atoms. The van der Waals surface area contributed by atoms with E-state index >= 15 is 0 Å². The van der Waals surface area contributed by atoms with Crippen LogP contribution >= 0.6 is 0 Å². The summed E-state index contributed by atoms with van der Waals surface area (Å²) in [7, 11) is 0. The first kappa shape index (κ1) is 12.7. The fraction of sp³-hybridized carbons (Fsp3) is 0.400. The van der Waals surface area contributed by atoms with Crippen molar-refractivity contribution in [2.24, 2.45) is 5.41 Å². The van der Waals surface area contributed by atoms with E-state index in [1.54, 1.807) is 6.20 Å². The van der Waals surface area contributed by atoms with Crippen molar-refractivity contribution in [1.29, 1.82) is 0 Å². The van der Waals surface area contributed by atoms with Crippen LogP contribution in [0.4, 0.5) is 5.69 Å². The standard InChI is InChI=1S/C15H20N2O/c1-15(2,3)8-10-18-13-7-9-17-14-11(13)5-4-6-12(14)16/h4-7,9H,8,10,16H2,1-3H3. The van der Waals surface area contributed by atoms with Gasteiger partial charge in [0, 0.05) is 11.6 Å². The first-order valence-corrected chi connectivity index (χ1v) is 6.23. The van der Waals surface area contributed by atoms with E-state index in [0.717, 1.165) is 23.1 Å². The van der Waals surface area contributed by atoms with E-state index in [9.17, 15) is 0 Å². The Hall–Kier alpha value is -1.77. The van der Waals surface area contributed by atoms with Crippen LogP contribution in [0.2, 0.25) is 0 Å². The van der Waals surface area contributed by atoms with Crippen molar-refractivity contribution in [2.45, 2.75) is 27.2 Å². The summed E-state index contributed by atoms with van der Waals surface area (Å²) < 4.78 is 5.85. The molecule has 2 aromatic rings. The summed E-state index contributed by atoms with van der Waals surface area (Å²) >= 11 is 0. The Kier molecular flexibility index (Phi) is 3.41. The summed E-state index contributed by atoms with van der Waals surface area (Å²) in [5.41, 5.74) is 7.68. The number of hydrogen-bond acceptors (Lipinski definition) is 3. The van der Waals surface area contributed by atoms with Gasteiger partial charge in [-0.25, -0.2) is 0 Å². The van der Waals surface area contributed by atoms with Crippen molar-refractivity contribution in [2.75, 3.05) is 12.3 Å². The fourth-order valence-electron chi connectivity index (χ4n) is 1.77. The molecule has 0 atom stereocenters. The Morgan fingerprint density at radius 2 is 2.00 bits per heavy atom. The van der Waals surface area contributed by atoms with Crippen LogP contribution in [-0.4, -0.2) is 11.6 Å². The molecular weight excluding hydrogens is 224 g/mol. The molecule has 1 heterocycles. The van der Waals surface area contributed by atoms with E-state index in [4.69, 9.17) is 10.5 Å². The third kappa shape index (κ3) is 2.92. The lowest BCUT2D eigenvalue weighted by atomic mass is 9.93. The number of ether oxygens (including phenoxy) is 1. The Morgan fingerprint density at radius 3 is 2.72 bits per heavy atom. The molecule has 0 fully saturated rings. The Balaban J connectivity index is 2.21. The number of benzene rings is 1. The highest BCUT2D eigenvalue weighted by molar-refractivity contribution is 5.93. The number of hydrogen-bond donors (Lipinski definition) is 1. The zero-order valence-electron chi connectivity index (χ0n) is 11.2. The van der Waals surface area contributed by atoms with Crippen LogP contribution < -0.4 is 10.5 Å². The van der Waals surface area contributed by atoms with Gasteiger partial charge in [-0.05, 0) is 30.0 Å². The number of para-hydroxylation sites is 1. The van der Waals surface area contributed by atoms with Gasteiger partial charge in [-0.3, -0.25) is 4.98 Å². The number of pyridine rings is 1. The second kappa shape index (κ2) is 4.84. The van der Waals surface area contributed by atoms with Crippen LogP contribution in [0.5, 0.6) is 5.75 Å². The number of anilines is 1. The van der Waals surface area contributed by atoms with E-state index in [2.05, 4.69) is 25.8 Å². The van der Waals surface area contributed by atoms with Gasteiger partial charge >= 0.3 is 0 Å². The van der Waals surface area contributed by atoms with Crippen molar-refractivity contribution < 1.29 is 4.74 Å². The number of nitrogen functional groups attached to an aromatic ring is 1. The minimum atomic E-state index is 0.280. The smallest absolute Gasteiger partial charge is 0.130 e. The molecule has 0 spiro atoms. The van der Waals surface area contributed by atoms with Gasteiger partial charge in [0.1, 0.15) is 5.75 Å². The van der Waals surface area contributed by atoms with Gasteiger partial charge in [0.25, 0.3) is 0 Å². The molecule has 0 radical (unpaired) electrons. The lowest BCUT2D eigenvalue weighted by Crippen LogP contribution is -2.11. The van der Waals surface area contributed by atoms with Crippen LogP contribution in [-0.2, 0) is 0 Å². The maximum Gasteiger partial charge on any atom is 0.130 e. The van der Waals surface area contributed by atoms with E-state index in [-0.39, 0.29) is 5.41 Å². The minimum absolute atomic E-state index is 0.280. The molecular formula is C15H20N2O. The maximum absolute atomic E-state index is 5.90. The zero-order chi connectivity index (χ0) is 13.2. The van der Waals surface area contributed by atoms with Gasteiger partial charge in [-0.2, -0.15) is 0 Å². The largest absolute Gasteiger partial charge is 0.493 e. The Morgan fingerprint density at radius 1 is 1.22 bits per heavy atom. The molecule has 0 saturated heterocycles. The first-order valence-electron chi connectivity index (χ1n) is 6.23. The van der Waals surface area contributed by atoms with Crippen LogP contribution in [0, 0.1) is 5.41 Å². The van der Waals surface area contributed by atoms with Crippen molar-refractivity contribution in [3.8, 4) is 5.75 Å². The molecule has 0 amide bonds. The van der Waals surface area contributed by atoms with Crippen LogP contribution in [0.1, 0.15) is 27.2 Å². The molecule has 1 aromatic carbocycles. The Labute approximate surface area is 108 Å². The summed E-state index contributed by atoms with van der Waals surface area (Å²) in [4.78, 5) is 4.29. The van der Waals surface area contributed by atoms with E-state index in [0.29, 0.717) is 12.3 Å². The first-order chi connectivity index (χ1) is 8.47. The van der Waals surface area contributed by atoms with Gasteiger partial charge in [-0.15, -0.1) is 0 Å². The molecule has 0 bridgehead atoms. The van der Waals surface area contributed by atoms with Crippen molar-refractivity contribution in [3.63, 3.8) is 0 Å². The third-order valence-electron chi connectivity index (χ3n) is 2.87. The fourth-order valence-corrected chi connectivity index (χ4v) is 1.77. The predicted molar refractivity (Wildman–Crippen MR) is 75.7 cm³/mol. The molecule has 2 rings (SSSR count). The number of fused-ring (bicyclic) bond motifs is 1. The maximum atomic E-state index is 5.90. The van der Waals surface area contributed by atoms with Crippen LogP contribution in [0.25, 0.3) is 10.9 Å². The molecule has 2 N–H and O–H groups in total. The average molecular weight is 244 g/mol. The summed E-state index contributed by atoms with van der Waals surface area (Å²) in [5, 5.41) is 0.978. The summed E-state index contributed by atoms with van der Waals surface area (Å²) in [5.74, 6) is 0.858.